The van der Waals surface area contributed by atoms with Gasteiger partial charge >= 0.3 is 0 Å². The van der Waals surface area contributed by atoms with Gasteiger partial charge in [-0.05, 0) is 24.0 Å². The highest BCUT2D eigenvalue weighted by atomic mass is 16.2. The van der Waals surface area contributed by atoms with Crippen molar-refractivity contribution in [2.75, 3.05) is 20.1 Å². The van der Waals surface area contributed by atoms with E-state index < -0.39 is 0 Å². The number of rotatable bonds is 3. The number of hydrogen-bond acceptors (Lipinski definition) is 2. The minimum absolute atomic E-state index is 0.183. The predicted molar refractivity (Wildman–Crippen MR) is 69.0 cm³/mol. The van der Waals surface area contributed by atoms with E-state index in [-0.39, 0.29) is 5.91 Å². The van der Waals surface area contributed by atoms with Gasteiger partial charge in [-0.2, -0.15) is 0 Å². The summed E-state index contributed by atoms with van der Waals surface area (Å²) in [5.74, 6) is 0.183. The first-order chi connectivity index (χ1) is 8.19. The molecule has 3 heteroatoms. The number of hydrogen-bond donors (Lipinski definition) is 1. The molecule has 0 aliphatic carbocycles. The van der Waals surface area contributed by atoms with E-state index in [1.165, 1.54) is 11.1 Å². The second kappa shape index (κ2) is 5.32. The van der Waals surface area contributed by atoms with Crippen LogP contribution in [0.1, 0.15) is 18.1 Å². The van der Waals surface area contributed by atoms with E-state index in [9.17, 15) is 4.79 Å². The average molecular weight is 232 g/mol. The number of likely N-dealkylation sites (N-methyl/N-ethyl adjacent to an activating group) is 1. The molecule has 1 heterocycles. The number of nitrogens with zero attached hydrogens (tertiary/aromatic N) is 1. The Morgan fingerprint density at radius 3 is 2.53 bits per heavy atom. The Kier molecular flexibility index (Phi) is 3.79. The number of nitrogens with one attached hydrogen (secondary N) is 1. The molecule has 2 rings (SSSR count). The Morgan fingerprint density at radius 1 is 1.29 bits per heavy atom. The lowest BCUT2D eigenvalue weighted by molar-refractivity contribution is -0.131. The van der Waals surface area contributed by atoms with E-state index in [2.05, 4.69) is 36.5 Å². The van der Waals surface area contributed by atoms with Gasteiger partial charge in [-0.3, -0.25) is 4.79 Å². The second-order valence-electron chi connectivity index (χ2n) is 4.73. The third kappa shape index (κ3) is 3.07. The van der Waals surface area contributed by atoms with Gasteiger partial charge in [0.05, 0.1) is 6.54 Å². The maximum Gasteiger partial charge on any atom is 0.236 e. The Labute approximate surface area is 103 Å². The molecule has 92 valence electrons. The summed E-state index contributed by atoms with van der Waals surface area (Å²) in [6.45, 7) is 3.43. The maximum atomic E-state index is 11.3. The fraction of sp³-hybridized carbons (Fsp3) is 0.500. The molecule has 1 aromatic rings. The van der Waals surface area contributed by atoms with Crippen LogP contribution in [0.15, 0.2) is 24.3 Å². The van der Waals surface area contributed by atoms with E-state index in [0.29, 0.717) is 12.6 Å². The van der Waals surface area contributed by atoms with Crippen LogP contribution in [0.4, 0.5) is 0 Å². The van der Waals surface area contributed by atoms with Crippen LogP contribution in [-0.4, -0.2) is 37.0 Å². The standard InChI is InChI=1S/C14H20N2O/c1-3-11-4-6-12(7-5-11)8-13-10-16(2)14(17)9-15-13/h4-7,13,15H,3,8-10H2,1-2H3. The summed E-state index contributed by atoms with van der Waals surface area (Å²) in [4.78, 5) is 13.1. The number of carbonyl (C=O) groups is 1. The van der Waals surface area contributed by atoms with Gasteiger partial charge in [0.1, 0.15) is 0 Å². The molecule has 1 unspecified atom stereocenters. The molecule has 0 spiro atoms. The Bertz CT molecular complexity index is 386. The van der Waals surface area contributed by atoms with Crippen molar-refractivity contribution in [3.8, 4) is 0 Å². The number of benzene rings is 1. The summed E-state index contributed by atoms with van der Waals surface area (Å²) >= 11 is 0. The van der Waals surface area contributed by atoms with Gasteiger partial charge in [0, 0.05) is 19.6 Å². The lowest BCUT2D eigenvalue weighted by Gasteiger charge is -2.30. The lowest BCUT2D eigenvalue weighted by Crippen LogP contribution is -2.53. The van der Waals surface area contributed by atoms with Crippen molar-refractivity contribution >= 4 is 5.91 Å². The van der Waals surface area contributed by atoms with Gasteiger partial charge < -0.3 is 10.2 Å². The Balaban J connectivity index is 1.94. The third-order valence-electron chi connectivity index (χ3n) is 3.38. The molecule has 3 nitrogen and oxygen atoms in total. The van der Waals surface area contributed by atoms with Gasteiger partial charge in [0.25, 0.3) is 0 Å². The quantitative estimate of drug-likeness (QED) is 0.850. The monoisotopic (exact) mass is 232 g/mol. The molecular formula is C14H20N2O. The third-order valence-corrected chi connectivity index (χ3v) is 3.38. The van der Waals surface area contributed by atoms with E-state index in [1.807, 2.05) is 11.9 Å². The zero-order valence-corrected chi connectivity index (χ0v) is 10.6. The van der Waals surface area contributed by atoms with Crippen molar-refractivity contribution in [3.63, 3.8) is 0 Å². The highest BCUT2D eigenvalue weighted by Gasteiger charge is 2.21. The number of piperazine rings is 1. The van der Waals surface area contributed by atoms with E-state index in [1.54, 1.807) is 0 Å². The van der Waals surface area contributed by atoms with Crippen LogP contribution >= 0.6 is 0 Å². The summed E-state index contributed by atoms with van der Waals surface area (Å²) in [5, 5.41) is 3.29. The molecule has 1 aliphatic heterocycles. The zero-order valence-electron chi connectivity index (χ0n) is 10.6. The summed E-state index contributed by atoms with van der Waals surface area (Å²) in [6.07, 6.45) is 2.07. The number of aryl methyl sites for hydroxylation is 1. The molecule has 1 atom stereocenters. The van der Waals surface area contributed by atoms with Crippen LogP contribution < -0.4 is 5.32 Å². The van der Waals surface area contributed by atoms with Crippen molar-refractivity contribution < 1.29 is 4.79 Å². The molecule has 0 bridgehead atoms. The van der Waals surface area contributed by atoms with Crippen molar-refractivity contribution in [3.05, 3.63) is 35.4 Å². The first-order valence-electron chi connectivity index (χ1n) is 6.24. The van der Waals surface area contributed by atoms with Crippen molar-refractivity contribution in [1.82, 2.24) is 10.2 Å². The summed E-state index contributed by atoms with van der Waals surface area (Å²) in [7, 11) is 1.87. The normalized spacial score (nSPS) is 20.7. The van der Waals surface area contributed by atoms with Crippen molar-refractivity contribution in [1.29, 1.82) is 0 Å². The maximum absolute atomic E-state index is 11.3. The lowest BCUT2D eigenvalue weighted by atomic mass is 10.0. The van der Waals surface area contributed by atoms with Crippen LogP contribution in [0.3, 0.4) is 0 Å². The number of amides is 1. The summed E-state index contributed by atoms with van der Waals surface area (Å²) in [5.41, 5.74) is 2.71. The fourth-order valence-corrected chi connectivity index (χ4v) is 2.20. The molecule has 1 fully saturated rings. The summed E-state index contributed by atoms with van der Waals surface area (Å²) in [6, 6.07) is 9.14. The van der Waals surface area contributed by atoms with Crippen LogP contribution in [-0.2, 0) is 17.6 Å². The predicted octanol–water partition coefficient (Wildman–Crippen LogP) is 1.22. The molecule has 0 aromatic heterocycles. The van der Waals surface area contributed by atoms with E-state index >= 15 is 0 Å². The molecule has 1 aromatic carbocycles. The minimum Gasteiger partial charge on any atom is -0.343 e. The second-order valence-corrected chi connectivity index (χ2v) is 4.73. The molecule has 17 heavy (non-hydrogen) atoms. The highest BCUT2D eigenvalue weighted by molar-refractivity contribution is 5.78. The van der Waals surface area contributed by atoms with Gasteiger partial charge in [-0.1, -0.05) is 31.2 Å². The molecule has 0 saturated carbocycles. The molecule has 0 radical (unpaired) electrons. The van der Waals surface area contributed by atoms with Gasteiger partial charge in [-0.15, -0.1) is 0 Å². The highest BCUT2D eigenvalue weighted by Crippen LogP contribution is 2.09. The van der Waals surface area contributed by atoms with Crippen LogP contribution in [0.25, 0.3) is 0 Å². The van der Waals surface area contributed by atoms with E-state index in [0.717, 1.165) is 19.4 Å². The van der Waals surface area contributed by atoms with Crippen LogP contribution in [0.5, 0.6) is 0 Å². The first-order valence-corrected chi connectivity index (χ1v) is 6.24. The smallest absolute Gasteiger partial charge is 0.236 e. The largest absolute Gasteiger partial charge is 0.343 e. The fourth-order valence-electron chi connectivity index (χ4n) is 2.20. The van der Waals surface area contributed by atoms with Crippen molar-refractivity contribution in [2.45, 2.75) is 25.8 Å². The topological polar surface area (TPSA) is 32.3 Å². The Hall–Kier alpha value is -1.35. The van der Waals surface area contributed by atoms with Gasteiger partial charge in [0.2, 0.25) is 5.91 Å². The first kappa shape index (κ1) is 12.1. The minimum atomic E-state index is 0.183. The zero-order chi connectivity index (χ0) is 12.3. The van der Waals surface area contributed by atoms with Crippen LogP contribution in [0.2, 0.25) is 0 Å². The van der Waals surface area contributed by atoms with Crippen molar-refractivity contribution in [2.24, 2.45) is 0 Å². The van der Waals surface area contributed by atoms with Gasteiger partial charge in [0.15, 0.2) is 0 Å². The van der Waals surface area contributed by atoms with E-state index in [4.69, 9.17) is 0 Å². The Morgan fingerprint density at radius 2 is 1.94 bits per heavy atom. The molecule has 1 N–H and O–H groups in total. The number of carbonyl (C=O) groups excluding carboxylic acids is 1. The molecule has 1 amide bonds. The molecule has 1 aliphatic rings. The van der Waals surface area contributed by atoms with Crippen LogP contribution in [0, 0.1) is 0 Å². The van der Waals surface area contributed by atoms with Gasteiger partial charge in [-0.25, -0.2) is 0 Å². The molecule has 1 saturated heterocycles. The summed E-state index contributed by atoms with van der Waals surface area (Å²) < 4.78 is 0. The SMILES string of the molecule is CCc1ccc(CC2CN(C)C(=O)CN2)cc1. The molecular weight excluding hydrogens is 212 g/mol. The average Bonchev–Trinajstić information content (AvgIpc) is 2.35.